The van der Waals surface area contributed by atoms with Crippen LogP contribution in [-0.2, 0) is 4.79 Å². The molecule has 0 radical (unpaired) electrons. The van der Waals surface area contributed by atoms with Gasteiger partial charge in [-0.1, -0.05) is 12.8 Å². The third-order valence-electron chi connectivity index (χ3n) is 3.13. The Morgan fingerprint density at radius 3 is 2.47 bits per heavy atom. The van der Waals surface area contributed by atoms with Crippen molar-refractivity contribution in [1.29, 1.82) is 0 Å². The summed E-state index contributed by atoms with van der Waals surface area (Å²) in [5.74, 6) is -0.746. The first kappa shape index (κ1) is 15.7. The largest absolute Gasteiger partial charge is 0.481 e. The van der Waals surface area contributed by atoms with E-state index < -0.39 is 5.97 Å². The van der Waals surface area contributed by atoms with Crippen LogP contribution in [-0.4, -0.2) is 23.5 Å². The van der Waals surface area contributed by atoms with Gasteiger partial charge in [-0.3, -0.25) is 9.59 Å². The molecule has 4 nitrogen and oxygen atoms in total. The highest BCUT2D eigenvalue weighted by atomic mass is 32.1. The predicted octanol–water partition coefficient (Wildman–Crippen LogP) is 3.13. The molecular weight excluding hydrogens is 262 g/mol. The van der Waals surface area contributed by atoms with Crippen molar-refractivity contribution in [2.75, 3.05) is 6.54 Å². The molecule has 5 heteroatoms. The normalized spacial score (nSPS) is 10.4. The molecule has 0 aromatic carbocycles. The van der Waals surface area contributed by atoms with Gasteiger partial charge in [0.25, 0.3) is 5.91 Å². The van der Waals surface area contributed by atoms with Crippen molar-refractivity contribution in [1.82, 2.24) is 5.32 Å². The number of thiophene rings is 1. The molecule has 0 saturated carbocycles. The van der Waals surface area contributed by atoms with Gasteiger partial charge in [0, 0.05) is 23.2 Å². The van der Waals surface area contributed by atoms with Gasteiger partial charge < -0.3 is 10.4 Å². The van der Waals surface area contributed by atoms with Crippen LogP contribution in [0.5, 0.6) is 0 Å². The number of unbranched alkanes of at least 4 members (excludes halogenated alkanes) is 3. The zero-order valence-corrected chi connectivity index (χ0v) is 12.3. The van der Waals surface area contributed by atoms with Crippen LogP contribution in [0.1, 0.15) is 52.9 Å². The van der Waals surface area contributed by atoms with Crippen molar-refractivity contribution >= 4 is 23.2 Å². The van der Waals surface area contributed by atoms with Crippen LogP contribution in [0.2, 0.25) is 0 Å². The molecule has 0 aliphatic rings. The Kier molecular flexibility index (Phi) is 6.56. The van der Waals surface area contributed by atoms with Crippen molar-refractivity contribution in [2.24, 2.45) is 0 Å². The first-order valence-corrected chi connectivity index (χ1v) is 7.45. The summed E-state index contributed by atoms with van der Waals surface area (Å²) in [6, 6.07) is 0. The van der Waals surface area contributed by atoms with E-state index in [0.29, 0.717) is 13.0 Å². The molecule has 0 saturated heterocycles. The lowest BCUT2D eigenvalue weighted by atomic mass is 10.1. The molecule has 0 fully saturated rings. The number of nitrogens with one attached hydrogen (secondary N) is 1. The van der Waals surface area contributed by atoms with Crippen LogP contribution in [0.4, 0.5) is 0 Å². The van der Waals surface area contributed by atoms with Crippen molar-refractivity contribution in [3.63, 3.8) is 0 Å². The summed E-state index contributed by atoms with van der Waals surface area (Å²) < 4.78 is 0. The van der Waals surface area contributed by atoms with E-state index in [1.165, 1.54) is 4.88 Å². The van der Waals surface area contributed by atoms with Gasteiger partial charge in [0.05, 0.1) is 5.56 Å². The Morgan fingerprint density at radius 1 is 1.21 bits per heavy atom. The summed E-state index contributed by atoms with van der Waals surface area (Å²) in [7, 11) is 0. The molecule has 19 heavy (non-hydrogen) atoms. The monoisotopic (exact) mass is 283 g/mol. The summed E-state index contributed by atoms with van der Waals surface area (Å²) in [6.45, 7) is 4.63. The molecule has 0 spiro atoms. The lowest BCUT2D eigenvalue weighted by Gasteiger charge is -2.05. The first-order chi connectivity index (χ1) is 9.02. The smallest absolute Gasteiger partial charge is 0.303 e. The van der Waals surface area contributed by atoms with Gasteiger partial charge in [-0.15, -0.1) is 11.3 Å². The third-order valence-corrected chi connectivity index (χ3v) is 4.15. The number of hydrogen-bond acceptors (Lipinski definition) is 3. The van der Waals surface area contributed by atoms with E-state index in [-0.39, 0.29) is 12.3 Å². The minimum atomic E-state index is -0.739. The second kappa shape index (κ2) is 7.94. The minimum absolute atomic E-state index is 0.00705. The summed E-state index contributed by atoms with van der Waals surface area (Å²) in [6.07, 6.45) is 3.70. The maximum atomic E-state index is 11.9. The molecule has 0 aliphatic carbocycles. The van der Waals surface area contributed by atoms with Gasteiger partial charge in [-0.2, -0.15) is 0 Å². The molecule has 0 aliphatic heterocycles. The average molecular weight is 283 g/mol. The fraction of sp³-hybridized carbons (Fsp3) is 0.571. The number of amides is 1. The molecule has 0 bridgehead atoms. The van der Waals surface area contributed by atoms with Crippen molar-refractivity contribution in [3.05, 3.63) is 21.4 Å². The summed E-state index contributed by atoms with van der Waals surface area (Å²) in [4.78, 5) is 23.4. The summed E-state index contributed by atoms with van der Waals surface area (Å²) >= 11 is 1.60. The molecule has 0 unspecified atom stereocenters. The predicted molar refractivity (Wildman–Crippen MR) is 76.8 cm³/mol. The molecule has 1 aromatic heterocycles. The van der Waals surface area contributed by atoms with E-state index >= 15 is 0 Å². The van der Waals surface area contributed by atoms with Gasteiger partial charge in [0.2, 0.25) is 0 Å². The van der Waals surface area contributed by atoms with E-state index in [2.05, 4.69) is 5.32 Å². The van der Waals surface area contributed by atoms with E-state index in [1.54, 1.807) is 11.3 Å². The number of hydrogen-bond donors (Lipinski definition) is 2. The van der Waals surface area contributed by atoms with Crippen molar-refractivity contribution in [2.45, 2.75) is 46.0 Å². The summed E-state index contributed by atoms with van der Waals surface area (Å²) in [5.41, 5.74) is 1.83. The lowest BCUT2D eigenvalue weighted by molar-refractivity contribution is -0.137. The number of carbonyl (C=O) groups excluding carboxylic acids is 1. The van der Waals surface area contributed by atoms with Crippen LogP contribution in [0.15, 0.2) is 5.38 Å². The van der Waals surface area contributed by atoms with Gasteiger partial charge in [0.1, 0.15) is 0 Å². The summed E-state index contributed by atoms with van der Waals surface area (Å²) in [5, 5.41) is 13.3. The number of carboxylic acids is 1. The van der Waals surface area contributed by atoms with Gasteiger partial charge in [-0.25, -0.2) is 0 Å². The van der Waals surface area contributed by atoms with Crippen molar-refractivity contribution in [3.8, 4) is 0 Å². The zero-order chi connectivity index (χ0) is 14.3. The van der Waals surface area contributed by atoms with Crippen LogP contribution >= 0.6 is 11.3 Å². The van der Waals surface area contributed by atoms with Crippen LogP contribution < -0.4 is 5.32 Å². The maximum absolute atomic E-state index is 11.9. The number of rotatable bonds is 8. The Balaban J connectivity index is 2.14. The highest BCUT2D eigenvalue weighted by Gasteiger charge is 2.11. The van der Waals surface area contributed by atoms with Gasteiger partial charge in [0.15, 0.2) is 0 Å². The molecule has 1 aromatic rings. The zero-order valence-electron chi connectivity index (χ0n) is 11.5. The molecule has 1 heterocycles. The second-order valence-electron chi connectivity index (χ2n) is 4.64. The van der Waals surface area contributed by atoms with Crippen LogP contribution in [0.3, 0.4) is 0 Å². The molecule has 0 atom stereocenters. The fourth-order valence-corrected chi connectivity index (χ4v) is 2.65. The topological polar surface area (TPSA) is 66.4 Å². The first-order valence-electron chi connectivity index (χ1n) is 6.57. The number of aliphatic carboxylic acids is 1. The average Bonchev–Trinajstić information content (AvgIpc) is 2.68. The number of carboxylic acid groups (broad SMARTS) is 1. The highest BCUT2D eigenvalue weighted by Crippen LogP contribution is 2.20. The number of aryl methyl sites for hydroxylation is 1. The highest BCUT2D eigenvalue weighted by molar-refractivity contribution is 7.10. The Hall–Kier alpha value is -1.36. The Morgan fingerprint density at radius 2 is 1.89 bits per heavy atom. The molecule has 1 rings (SSSR count). The maximum Gasteiger partial charge on any atom is 0.303 e. The van der Waals surface area contributed by atoms with Crippen LogP contribution in [0, 0.1) is 13.8 Å². The second-order valence-corrected chi connectivity index (χ2v) is 5.73. The lowest BCUT2D eigenvalue weighted by Crippen LogP contribution is -2.24. The number of carbonyl (C=O) groups is 2. The third kappa shape index (κ3) is 5.42. The SMILES string of the molecule is Cc1scc(C(=O)NCCCCCCC(=O)O)c1C. The minimum Gasteiger partial charge on any atom is -0.481 e. The van der Waals surface area contributed by atoms with E-state index in [4.69, 9.17) is 5.11 Å². The quantitative estimate of drug-likeness (QED) is 0.720. The van der Waals surface area contributed by atoms with E-state index in [1.807, 2.05) is 19.2 Å². The molecule has 106 valence electrons. The van der Waals surface area contributed by atoms with Crippen LogP contribution in [0.25, 0.3) is 0 Å². The standard InChI is InChI=1S/C14H21NO3S/c1-10-11(2)19-9-12(10)14(18)15-8-6-4-3-5-7-13(16)17/h9H,3-8H2,1-2H3,(H,15,18)(H,16,17). The molecule has 2 N–H and O–H groups in total. The fourth-order valence-electron chi connectivity index (χ4n) is 1.79. The molecular formula is C14H21NO3S. The van der Waals surface area contributed by atoms with E-state index in [9.17, 15) is 9.59 Å². The van der Waals surface area contributed by atoms with Crippen molar-refractivity contribution < 1.29 is 14.7 Å². The Labute approximate surface area is 117 Å². The van der Waals surface area contributed by atoms with E-state index in [0.717, 1.165) is 30.4 Å². The van der Waals surface area contributed by atoms with Gasteiger partial charge >= 0.3 is 5.97 Å². The van der Waals surface area contributed by atoms with Gasteiger partial charge in [-0.05, 0) is 32.3 Å². The Bertz CT molecular complexity index is 440. The molecule has 1 amide bonds.